The van der Waals surface area contributed by atoms with Gasteiger partial charge in [-0.05, 0) is 12.1 Å². The second-order valence-corrected chi connectivity index (χ2v) is 4.24. The summed E-state index contributed by atoms with van der Waals surface area (Å²) >= 11 is 4.54. The Labute approximate surface area is 85.5 Å². The molecule has 0 atom stereocenters. The van der Waals surface area contributed by atoms with Crippen LogP contribution < -0.4 is 0 Å². The highest BCUT2D eigenvalue weighted by Crippen LogP contribution is 2.32. The van der Waals surface area contributed by atoms with Gasteiger partial charge < -0.3 is 0 Å². The Morgan fingerprint density at radius 1 is 1.38 bits per heavy atom. The van der Waals surface area contributed by atoms with Crippen LogP contribution in [0.3, 0.4) is 0 Å². The zero-order valence-corrected chi connectivity index (χ0v) is 8.70. The van der Waals surface area contributed by atoms with E-state index in [1.807, 2.05) is 0 Å². The molecule has 1 nitrogen and oxygen atoms in total. The summed E-state index contributed by atoms with van der Waals surface area (Å²) in [6.07, 6.45) is -2.46. The highest BCUT2D eigenvalue weighted by atomic mass is 79.9. The van der Waals surface area contributed by atoms with Gasteiger partial charge in [-0.1, -0.05) is 15.9 Å². The van der Waals surface area contributed by atoms with Gasteiger partial charge in [-0.3, -0.25) is 0 Å². The molecule has 0 aliphatic carbocycles. The molecule has 1 heterocycles. The number of aromatic nitrogens is 1. The van der Waals surface area contributed by atoms with Crippen LogP contribution in [0, 0.1) is 0 Å². The molecule has 0 unspecified atom stereocenters. The normalized spacial score (nSPS) is 11.4. The molecule has 0 spiro atoms. The van der Waals surface area contributed by atoms with Crippen molar-refractivity contribution in [3.63, 3.8) is 0 Å². The van der Waals surface area contributed by atoms with Gasteiger partial charge in [-0.25, -0.2) is 13.8 Å². The number of hydrogen-bond donors (Lipinski definition) is 0. The summed E-state index contributed by atoms with van der Waals surface area (Å²) in [5, 5.41) is 0. The summed E-state index contributed by atoms with van der Waals surface area (Å²) in [6, 6.07) is 3.09. The molecule has 2 rings (SSSR count). The minimum absolute atomic E-state index is 0.00148. The van der Waals surface area contributed by atoms with Gasteiger partial charge in [0.2, 0.25) is 0 Å². The molecule has 5 heteroatoms. The molecule has 0 aliphatic rings. The van der Waals surface area contributed by atoms with E-state index in [4.69, 9.17) is 0 Å². The zero-order valence-electron chi connectivity index (χ0n) is 6.30. The molecule has 0 N–H and O–H groups in total. The first kappa shape index (κ1) is 9.02. The fraction of sp³-hybridized carbons (Fsp3) is 0.125. The number of thiazole rings is 1. The van der Waals surface area contributed by atoms with Crippen LogP contribution >= 0.6 is 27.3 Å². The Bertz CT molecular complexity index is 441. The highest BCUT2D eigenvalue weighted by molar-refractivity contribution is 9.10. The quantitative estimate of drug-likeness (QED) is 0.758. The van der Waals surface area contributed by atoms with Crippen molar-refractivity contribution in [1.29, 1.82) is 0 Å². The maximum atomic E-state index is 12.4. The van der Waals surface area contributed by atoms with Gasteiger partial charge in [-0.2, -0.15) is 0 Å². The largest absolute Gasteiger partial charge is 0.265 e. The van der Waals surface area contributed by atoms with Gasteiger partial charge in [-0.15, -0.1) is 11.3 Å². The van der Waals surface area contributed by atoms with E-state index in [-0.39, 0.29) is 5.56 Å². The third-order valence-electron chi connectivity index (χ3n) is 1.68. The molecule has 0 amide bonds. The molecule has 68 valence electrons. The third-order valence-corrected chi connectivity index (χ3v) is 3.16. The molecular formula is C8H4BrF2NS. The zero-order chi connectivity index (χ0) is 9.42. The van der Waals surface area contributed by atoms with Crippen molar-refractivity contribution in [2.75, 3.05) is 0 Å². The van der Waals surface area contributed by atoms with E-state index in [0.29, 0.717) is 9.99 Å². The van der Waals surface area contributed by atoms with Gasteiger partial charge in [0.1, 0.15) is 0 Å². The molecule has 13 heavy (non-hydrogen) atoms. The fourth-order valence-corrected chi connectivity index (χ4v) is 2.43. The molecule has 1 aromatic carbocycles. The first-order valence-electron chi connectivity index (χ1n) is 3.49. The maximum Gasteiger partial charge on any atom is 0.265 e. The van der Waals surface area contributed by atoms with Gasteiger partial charge in [0.15, 0.2) is 0 Å². The molecule has 0 saturated carbocycles. The van der Waals surface area contributed by atoms with Gasteiger partial charge in [0, 0.05) is 10.0 Å². The number of rotatable bonds is 1. The van der Waals surface area contributed by atoms with Crippen molar-refractivity contribution in [2.24, 2.45) is 0 Å². The lowest BCUT2D eigenvalue weighted by Gasteiger charge is -2.01. The average molecular weight is 264 g/mol. The first-order valence-corrected chi connectivity index (χ1v) is 5.16. The van der Waals surface area contributed by atoms with E-state index in [9.17, 15) is 8.78 Å². The van der Waals surface area contributed by atoms with E-state index >= 15 is 0 Å². The minimum atomic E-state index is -2.46. The number of hydrogen-bond acceptors (Lipinski definition) is 2. The smallest absolute Gasteiger partial charge is 0.245 e. The number of halogens is 3. The highest BCUT2D eigenvalue weighted by Gasteiger charge is 2.13. The van der Waals surface area contributed by atoms with Crippen LogP contribution in [0.15, 0.2) is 22.1 Å². The number of fused-ring (bicyclic) bond motifs is 1. The summed E-state index contributed by atoms with van der Waals surface area (Å²) in [6.45, 7) is 0. The Morgan fingerprint density at radius 3 is 2.85 bits per heavy atom. The SMILES string of the molecule is FC(F)c1cc2ncsc2cc1Br. The molecule has 2 aromatic rings. The average Bonchev–Trinajstić information content (AvgIpc) is 2.48. The van der Waals surface area contributed by atoms with Gasteiger partial charge in [0.05, 0.1) is 15.7 Å². The second-order valence-electron chi connectivity index (χ2n) is 2.49. The van der Waals surface area contributed by atoms with Crippen molar-refractivity contribution in [2.45, 2.75) is 6.43 Å². The summed E-state index contributed by atoms with van der Waals surface area (Å²) in [7, 11) is 0. The number of alkyl halides is 2. The molecule has 1 aromatic heterocycles. The van der Waals surface area contributed by atoms with E-state index < -0.39 is 6.43 Å². The van der Waals surface area contributed by atoms with Crippen LogP contribution in [0.25, 0.3) is 10.2 Å². The number of nitrogens with zero attached hydrogens (tertiary/aromatic N) is 1. The predicted molar refractivity (Wildman–Crippen MR) is 52.3 cm³/mol. The molecule has 0 aliphatic heterocycles. The Hall–Kier alpha value is -0.550. The lowest BCUT2D eigenvalue weighted by molar-refractivity contribution is 0.150. The monoisotopic (exact) mass is 263 g/mol. The van der Waals surface area contributed by atoms with Crippen LogP contribution in [0.5, 0.6) is 0 Å². The summed E-state index contributed by atoms with van der Waals surface area (Å²) in [5.74, 6) is 0. The van der Waals surface area contributed by atoms with E-state index in [0.717, 1.165) is 4.70 Å². The second kappa shape index (κ2) is 3.31. The molecular weight excluding hydrogens is 260 g/mol. The standard InChI is InChI=1S/C8H4BrF2NS/c9-5-2-7-6(12-3-13-7)1-4(5)8(10)11/h1-3,8H. The molecule has 0 radical (unpaired) electrons. The van der Waals surface area contributed by atoms with E-state index in [1.54, 1.807) is 11.6 Å². The van der Waals surface area contributed by atoms with E-state index in [2.05, 4.69) is 20.9 Å². The van der Waals surface area contributed by atoms with E-state index in [1.165, 1.54) is 17.4 Å². The van der Waals surface area contributed by atoms with Gasteiger partial charge in [0.25, 0.3) is 6.43 Å². The van der Waals surface area contributed by atoms with Crippen LogP contribution in [0.2, 0.25) is 0 Å². The van der Waals surface area contributed by atoms with Crippen LogP contribution in [0.1, 0.15) is 12.0 Å². The van der Waals surface area contributed by atoms with Gasteiger partial charge >= 0.3 is 0 Å². The Morgan fingerprint density at radius 2 is 2.15 bits per heavy atom. The summed E-state index contributed by atoms with van der Waals surface area (Å²) in [4.78, 5) is 3.97. The predicted octanol–water partition coefficient (Wildman–Crippen LogP) is 4.00. The fourth-order valence-electron chi connectivity index (χ4n) is 1.06. The summed E-state index contributed by atoms with van der Waals surface area (Å²) < 4.78 is 26.2. The van der Waals surface area contributed by atoms with Crippen molar-refractivity contribution in [3.8, 4) is 0 Å². The maximum absolute atomic E-state index is 12.4. The Kier molecular flexibility index (Phi) is 2.29. The molecule has 0 bridgehead atoms. The first-order chi connectivity index (χ1) is 6.18. The Balaban J connectivity index is 2.69. The third kappa shape index (κ3) is 1.58. The minimum Gasteiger partial charge on any atom is -0.245 e. The molecule has 0 fully saturated rings. The van der Waals surface area contributed by atoms with Crippen molar-refractivity contribution >= 4 is 37.5 Å². The van der Waals surface area contributed by atoms with Crippen LogP contribution in [-0.2, 0) is 0 Å². The van der Waals surface area contributed by atoms with Crippen molar-refractivity contribution in [1.82, 2.24) is 4.98 Å². The topological polar surface area (TPSA) is 12.9 Å². The van der Waals surface area contributed by atoms with Crippen molar-refractivity contribution < 1.29 is 8.78 Å². The number of benzene rings is 1. The van der Waals surface area contributed by atoms with Crippen LogP contribution in [-0.4, -0.2) is 4.98 Å². The lowest BCUT2D eigenvalue weighted by Crippen LogP contribution is -1.85. The van der Waals surface area contributed by atoms with Crippen LogP contribution in [0.4, 0.5) is 8.78 Å². The van der Waals surface area contributed by atoms with Crippen molar-refractivity contribution in [3.05, 3.63) is 27.7 Å². The molecule has 0 saturated heterocycles. The summed E-state index contributed by atoms with van der Waals surface area (Å²) in [5.41, 5.74) is 2.27. The lowest BCUT2D eigenvalue weighted by atomic mass is 10.2.